The molecule has 1 heterocycles. The van der Waals surface area contributed by atoms with Crippen molar-refractivity contribution in [2.24, 2.45) is 0 Å². The van der Waals surface area contributed by atoms with Crippen LogP contribution in [0.2, 0.25) is 0 Å². The van der Waals surface area contributed by atoms with Crippen molar-refractivity contribution < 1.29 is 39.8 Å². The van der Waals surface area contributed by atoms with Crippen molar-refractivity contribution in [3.63, 3.8) is 0 Å². The Morgan fingerprint density at radius 3 is 1.07 bits per heavy atom. The van der Waals surface area contributed by atoms with Crippen LogP contribution in [0, 0.1) is 0 Å². The fourth-order valence-electron chi connectivity index (χ4n) is 11.3. The molecule has 0 saturated carbocycles. The summed E-state index contributed by atoms with van der Waals surface area (Å²) in [7, 11) is 0. The highest BCUT2D eigenvalue weighted by Gasteiger charge is 2.44. The smallest absolute Gasteiger partial charge is 0.220 e. The normalized spacial score (nSPS) is 18.6. The molecule has 0 bridgehead atoms. The average Bonchev–Trinajstić information content (AvgIpc) is 3.59. The Labute approximate surface area is 530 Å². The lowest BCUT2D eigenvalue weighted by Crippen LogP contribution is -2.60. The first-order chi connectivity index (χ1) is 42.3. The molecule has 0 aromatic carbocycles. The number of aliphatic hydroxyl groups excluding tert-OH is 5. The third-order valence-corrected chi connectivity index (χ3v) is 16.9. The van der Waals surface area contributed by atoms with Gasteiger partial charge in [-0.15, -0.1) is 0 Å². The van der Waals surface area contributed by atoms with Gasteiger partial charge in [-0.25, -0.2) is 0 Å². The van der Waals surface area contributed by atoms with Gasteiger partial charge in [0.1, 0.15) is 24.4 Å². The minimum atomic E-state index is -1.57. The molecule has 86 heavy (non-hydrogen) atoms. The second-order valence-electron chi connectivity index (χ2n) is 25.0. The van der Waals surface area contributed by atoms with E-state index < -0.39 is 49.5 Å². The van der Waals surface area contributed by atoms with E-state index in [2.05, 4.69) is 104 Å². The molecular formula is C77H137NO8. The lowest BCUT2D eigenvalue weighted by atomic mass is 9.99. The van der Waals surface area contributed by atoms with Crippen LogP contribution in [0.3, 0.4) is 0 Å². The molecular weight excluding hydrogens is 1070 g/mol. The maximum atomic E-state index is 13.1. The first-order valence-corrected chi connectivity index (χ1v) is 36.5. The predicted octanol–water partition coefficient (Wildman–Crippen LogP) is 20.3. The molecule has 0 aromatic rings. The molecule has 7 unspecified atom stereocenters. The summed E-state index contributed by atoms with van der Waals surface area (Å²) in [6, 6.07) is -0.817. The summed E-state index contributed by atoms with van der Waals surface area (Å²) in [5.74, 6) is -0.183. The number of hydrogen-bond donors (Lipinski definition) is 6. The predicted molar refractivity (Wildman–Crippen MR) is 368 cm³/mol. The summed E-state index contributed by atoms with van der Waals surface area (Å²) in [4.78, 5) is 13.1. The molecule has 6 N–H and O–H groups in total. The van der Waals surface area contributed by atoms with Crippen LogP contribution in [0.25, 0.3) is 0 Å². The molecule has 0 aliphatic carbocycles. The van der Waals surface area contributed by atoms with Crippen molar-refractivity contribution in [2.45, 2.75) is 371 Å². The van der Waals surface area contributed by atoms with Gasteiger partial charge in [0.05, 0.1) is 25.4 Å². The summed E-state index contributed by atoms with van der Waals surface area (Å²) in [6.45, 7) is 3.70. The maximum absolute atomic E-state index is 13.1. The number of hydrogen-bond acceptors (Lipinski definition) is 8. The van der Waals surface area contributed by atoms with E-state index in [0.29, 0.717) is 6.42 Å². The average molecular weight is 1200 g/mol. The Balaban J connectivity index is 2.14. The van der Waals surface area contributed by atoms with Crippen molar-refractivity contribution in [3.8, 4) is 0 Å². The third-order valence-electron chi connectivity index (χ3n) is 16.9. The Morgan fingerprint density at radius 2 is 0.721 bits per heavy atom. The van der Waals surface area contributed by atoms with Crippen molar-refractivity contribution in [1.29, 1.82) is 0 Å². The van der Waals surface area contributed by atoms with E-state index in [0.717, 1.165) is 96.3 Å². The van der Waals surface area contributed by atoms with Gasteiger partial charge >= 0.3 is 0 Å². The van der Waals surface area contributed by atoms with Crippen molar-refractivity contribution >= 4 is 5.91 Å². The van der Waals surface area contributed by atoms with Gasteiger partial charge in [-0.2, -0.15) is 0 Å². The minimum absolute atomic E-state index is 0.183. The summed E-state index contributed by atoms with van der Waals surface area (Å²) in [5.41, 5.74) is 0. The van der Waals surface area contributed by atoms with Crippen molar-refractivity contribution in [2.75, 3.05) is 13.2 Å². The molecule has 0 radical (unpaired) electrons. The number of carbonyl (C=O) groups excluding carboxylic acids is 1. The van der Waals surface area contributed by atoms with E-state index in [9.17, 15) is 30.3 Å². The van der Waals surface area contributed by atoms with Gasteiger partial charge < -0.3 is 40.3 Å². The molecule has 9 heteroatoms. The van der Waals surface area contributed by atoms with E-state index in [1.54, 1.807) is 6.08 Å². The van der Waals surface area contributed by atoms with Gasteiger partial charge in [0, 0.05) is 6.42 Å². The van der Waals surface area contributed by atoms with Gasteiger partial charge in [0.25, 0.3) is 0 Å². The summed E-state index contributed by atoms with van der Waals surface area (Å²) < 4.78 is 11.3. The van der Waals surface area contributed by atoms with Crippen LogP contribution < -0.4 is 5.32 Å². The van der Waals surface area contributed by atoms with Crippen LogP contribution in [0.4, 0.5) is 0 Å². The Bertz CT molecular complexity index is 1680. The number of carbonyl (C=O) groups is 1. The zero-order valence-electron chi connectivity index (χ0n) is 55.8. The largest absolute Gasteiger partial charge is 0.394 e. The summed E-state index contributed by atoms with van der Waals surface area (Å²) in [5, 5.41) is 54.8. The fourth-order valence-corrected chi connectivity index (χ4v) is 11.3. The zero-order chi connectivity index (χ0) is 62.1. The molecule has 0 spiro atoms. The first-order valence-electron chi connectivity index (χ1n) is 36.5. The van der Waals surface area contributed by atoms with Crippen LogP contribution in [0.15, 0.2) is 97.2 Å². The summed E-state index contributed by atoms with van der Waals surface area (Å²) >= 11 is 0. The monoisotopic (exact) mass is 1200 g/mol. The molecule has 1 rings (SSSR count). The van der Waals surface area contributed by atoms with E-state index in [4.69, 9.17) is 9.47 Å². The first kappa shape index (κ1) is 81.1. The lowest BCUT2D eigenvalue weighted by Gasteiger charge is -2.40. The maximum Gasteiger partial charge on any atom is 0.220 e. The zero-order valence-corrected chi connectivity index (χ0v) is 55.8. The SMILES string of the molecule is CC/C=C\C/C=C\C/C=C\C/C=C\C/C=C\C/C=C\C/C=C\CCCCCCCCCCCC(=O)NC(COC1OC(CO)C(O)C(O)C1O)C(O)/C=C/CCCCCCCCCCCCCCCCCCCCCCCCCCCCCCCC. The second-order valence-corrected chi connectivity index (χ2v) is 25.0. The molecule has 1 aliphatic rings. The molecule has 7 atom stereocenters. The number of amides is 1. The van der Waals surface area contributed by atoms with E-state index >= 15 is 0 Å². The van der Waals surface area contributed by atoms with Crippen LogP contribution in [0.1, 0.15) is 328 Å². The van der Waals surface area contributed by atoms with Gasteiger partial charge in [0.2, 0.25) is 5.91 Å². The lowest BCUT2D eigenvalue weighted by molar-refractivity contribution is -0.302. The van der Waals surface area contributed by atoms with E-state index in [1.165, 1.54) is 212 Å². The van der Waals surface area contributed by atoms with Gasteiger partial charge in [-0.1, -0.05) is 342 Å². The quantitative estimate of drug-likeness (QED) is 0.0261. The Kier molecular flexibility index (Phi) is 61.4. The van der Waals surface area contributed by atoms with Crippen molar-refractivity contribution in [1.82, 2.24) is 5.32 Å². The third kappa shape index (κ3) is 53.0. The highest BCUT2D eigenvalue weighted by atomic mass is 16.7. The number of aliphatic hydroxyl groups is 5. The van der Waals surface area contributed by atoms with Gasteiger partial charge in [-0.3, -0.25) is 4.79 Å². The number of ether oxygens (including phenoxy) is 2. The topological polar surface area (TPSA) is 149 Å². The fraction of sp³-hybridized carbons (Fsp3) is 0.779. The number of rotatable bonds is 63. The number of nitrogens with one attached hydrogen (secondary N) is 1. The van der Waals surface area contributed by atoms with E-state index in [-0.39, 0.29) is 12.5 Å². The molecule has 1 fully saturated rings. The van der Waals surface area contributed by atoms with Crippen LogP contribution in [0.5, 0.6) is 0 Å². The van der Waals surface area contributed by atoms with Crippen LogP contribution in [-0.4, -0.2) is 87.5 Å². The molecule has 1 aliphatic heterocycles. The number of allylic oxidation sites excluding steroid dienone is 15. The van der Waals surface area contributed by atoms with Crippen molar-refractivity contribution in [3.05, 3.63) is 97.2 Å². The van der Waals surface area contributed by atoms with Crippen LogP contribution in [-0.2, 0) is 14.3 Å². The Morgan fingerprint density at radius 1 is 0.407 bits per heavy atom. The minimum Gasteiger partial charge on any atom is -0.394 e. The van der Waals surface area contributed by atoms with Gasteiger partial charge in [0.15, 0.2) is 6.29 Å². The molecule has 9 nitrogen and oxygen atoms in total. The highest BCUT2D eigenvalue weighted by molar-refractivity contribution is 5.76. The molecule has 0 aromatic heterocycles. The van der Waals surface area contributed by atoms with Crippen LogP contribution >= 0.6 is 0 Å². The molecule has 1 saturated heterocycles. The summed E-state index contributed by atoms with van der Waals surface area (Å²) in [6.07, 6.45) is 88.0. The number of unbranched alkanes of at least 4 members (excludes halogenated alkanes) is 39. The van der Waals surface area contributed by atoms with E-state index in [1.807, 2.05) is 6.08 Å². The molecule has 498 valence electrons. The molecule has 1 amide bonds. The van der Waals surface area contributed by atoms with Gasteiger partial charge in [-0.05, 0) is 77.0 Å². The second kappa shape index (κ2) is 65.1. The highest BCUT2D eigenvalue weighted by Crippen LogP contribution is 2.23. The standard InChI is InChI=1S/C77H137NO8/c1-3-5-7-9-11-13-15-17-19-21-23-25-27-29-31-33-35-37-38-40-42-44-46-48-50-52-54-56-58-60-62-64-66-71(80)70(69-85-77-76(84)75(83)74(82)72(68-79)86-77)78-73(81)67-65-63-61-59-57-55-53-51-49-47-45-43-41-39-36-34-32-30-28-26-24-22-20-18-16-14-12-10-8-6-4-2/h6,8,12,14,18,20,24,26,30,32,36,39,43,45,64,66,70-72,74-77,79-80,82-84H,3-5,7,9-11,13,15-17,19,21-23,25,27-29,31,33-35,37-38,40-42,44,46-63,65,67-69H2,1-2H3,(H,78,81)/b8-6-,14-12-,20-18-,26-24-,32-30-,39-36-,45-43-,66-64+. The Hall–Kier alpha value is -2.89.